The van der Waals surface area contributed by atoms with Crippen LogP contribution in [0.15, 0.2) is 23.1 Å². The summed E-state index contributed by atoms with van der Waals surface area (Å²) >= 11 is 1.56. The van der Waals surface area contributed by atoms with E-state index in [0.717, 1.165) is 11.3 Å². The summed E-state index contributed by atoms with van der Waals surface area (Å²) in [6.07, 6.45) is 2.85. The summed E-state index contributed by atoms with van der Waals surface area (Å²) in [5.74, 6) is -0.424. The van der Waals surface area contributed by atoms with E-state index in [2.05, 4.69) is 18.2 Å². The first-order valence-corrected chi connectivity index (χ1v) is 7.28. The SMILES string of the molecule is CCOC(CSc1ccc2c(c1)CCC2)C(=O)O. The highest BCUT2D eigenvalue weighted by molar-refractivity contribution is 7.99. The molecule has 1 atom stereocenters. The van der Waals surface area contributed by atoms with E-state index < -0.39 is 12.1 Å². The van der Waals surface area contributed by atoms with Crippen LogP contribution in [0.25, 0.3) is 0 Å². The van der Waals surface area contributed by atoms with Crippen molar-refractivity contribution in [1.29, 1.82) is 0 Å². The zero-order valence-electron chi connectivity index (χ0n) is 10.5. The molecule has 0 spiro atoms. The van der Waals surface area contributed by atoms with Gasteiger partial charge in [0.05, 0.1) is 0 Å². The number of thioether (sulfide) groups is 1. The zero-order valence-corrected chi connectivity index (χ0v) is 11.3. The lowest BCUT2D eigenvalue weighted by Gasteiger charge is -2.12. The van der Waals surface area contributed by atoms with Gasteiger partial charge in [0.15, 0.2) is 6.10 Å². The van der Waals surface area contributed by atoms with Crippen LogP contribution in [-0.2, 0) is 22.4 Å². The van der Waals surface area contributed by atoms with Gasteiger partial charge in [-0.05, 0) is 49.4 Å². The second-order valence-corrected chi connectivity index (χ2v) is 5.47. The molecule has 3 nitrogen and oxygen atoms in total. The first-order valence-electron chi connectivity index (χ1n) is 6.29. The third-order valence-electron chi connectivity index (χ3n) is 3.11. The number of carboxylic acid groups (broad SMARTS) is 1. The standard InChI is InChI=1S/C14H18O3S/c1-2-17-13(14(15)16)9-18-12-7-6-10-4-3-5-11(10)8-12/h6-8,13H,2-5,9H2,1H3,(H,15,16). The van der Waals surface area contributed by atoms with Crippen molar-refractivity contribution in [2.24, 2.45) is 0 Å². The fourth-order valence-corrected chi connectivity index (χ4v) is 3.17. The molecule has 0 saturated heterocycles. The summed E-state index contributed by atoms with van der Waals surface area (Å²) in [6.45, 7) is 2.25. The van der Waals surface area contributed by atoms with E-state index in [9.17, 15) is 4.79 Å². The quantitative estimate of drug-likeness (QED) is 0.804. The third-order valence-corrected chi connectivity index (χ3v) is 4.17. The molecule has 0 aliphatic heterocycles. The number of carbonyl (C=O) groups is 1. The van der Waals surface area contributed by atoms with Crippen LogP contribution in [0.4, 0.5) is 0 Å². The molecule has 1 aromatic carbocycles. The predicted molar refractivity (Wildman–Crippen MR) is 72.2 cm³/mol. The third kappa shape index (κ3) is 3.27. The first kappa shape index (κ1) is 13.4. The number of fused-ring (bicyclic) bond motifs is 1. The largest absolute Gasteiger partial charge is 0.479 e. The molecule has 1 N–H and O–H groups in total. The molecule has 1 aromatic rings. The lowest BCUT2D eigenvalue weighted by molar-refractivity contribution is -0.148. The molecule has 0 fully saturated rings. The van der Waals surface area contributed by atoms with Crippen molar-refractivity contribution in [2.45, 2.75) is 37.2 Å². The van der Waals surface area contributed by atoms with Crippen molar-refractivity contribution in [1.82, 2.24) is 0 Å². The van der Waals surface area contributed by atoms with Crippen LogP contribution in [0.2, 0.25) is 0 Å². The number of ether oxygens (including phenoxy) is 1. The van der Waals surface area contributed by atoms with Crippen LogP contribution in [0.1, 0.15) is 24.5 Å². The number of rotatable bonds is 6. The lowest BCUT2D eigenvalue weighted by atomic mass is 10.1. The summed E-state index contributed by atoms with van der Waals surface area (Å²) in [5, 5.41) is 9.00. The minimum Gasteiger partial charge on any atom is -0.479 e. The van der Waals surface area contributed by atoms with Gasteiger partial charge in [-0.25, -0.2) is 4.79 Å². The smallest absolute Gasteiger partial charge is 0.333 e. The Hall–Kier alpha value is -1.00. The second-order valence-electron chi connectivity index (χ2n) is 4.38. The molecule has 18 heavy (non-hydrogen) atoms. The fourth-order valence-electron chi connectivity index (χ4n) is 2.20. The molecule has 1 aliphatic carbocycles. The maximum absolute atomic E-state index is 11.0. The Balaban J connectivity index is 1.95. The topological polar surface area (TPSA) is 46.5 Å². The molecular formula is C14H18O3S. The molecule has 0 amide bonds. The molecule has 0 aromatic heterocycles. The van der Waals surface area contributed by atoms with Crippen molar-refractivity contribution >= 4 is 17.7 Å². The Kier molecular flexibility index (Phi) is 4.66. The number of carboxylic acids is 1. The van der Waals surface area contributed by atoms with Crippen LogP contribution in [-0.4, -0.2) is 29.5 Å². The van der Waals surface area contributed by atoms with Gasteiger partial charge in [-0.1, -0.05) is 6.07 Å². The molecule has 0 heterocycles. The monoisotopic (exact) mass is 266 g/mol. The minimum absolute atomic E-state index is 0.432. The average molecular weight is 266 g/mol. The van der Waals surface area contributed by atoms with Crippen molar-refractivity contribution in [2.75, 3.05) is 12.4 Å². The number of aryl methyl sites for hydroxylation is 2. The molecule has 98 valence electrons. The van der Waals surface area contributed by atoms with Crippen molar-refractivity contribution < 1.29 is 14.6 Å². The van der Waals surface area contributed by atoms with E-state index in [1.54, 1.807) is 11.8 Å². The second kappa shape index (κ2) is 6.25. The highest BCUT2D eigenvalue weighted by Crippen LogP contribution is 2.28. The van der Waals surface area contributed by atoms with E-state index in [1.165, 1.54) is 24.0 Å². The summed E-state index contributed by atoms with van der Waals surface area (Å²) < 4.78 is 5.20. The van der Waals surface area contributed by atoms with Crippen LogP contribution in [0.3, 0.4) is 0 Å². The van der Waals surface area contributed by atoms with Gasteiger partial charge in [-0.2, -0.15) is 0 Å². The highest BCUT2D eigenvalue weighted by atomic mass is 32.2. The van der Waals surface area contributed by atoms with Crippen molar-refractivity contribution in [3.8, 4) is 0 Å². The first-order chi connectivity index (χ1) is 8.70. The average Bonchev–Trinajstić information content (AvgIpc) is 2.81. The normalized spacial score (nSPS) is 15.4. The molecule has 4 heteroatoms. The van der Waals surface area contributed by atoms with E-state index in [4.69, 9.17) is 9.84 Å². The van der Waals surface area contributed by atoms with Gasteiger partial charge in [0.25, 0.3) is 0 Å². The number of hydrogen-bond acceptors (Lipinski definition) is 3. The number of aliphatic carboxylic acids is 1. The van der Waals surface area contributed by atoms with Crippen LogP contribution in [0, 0.1) is 0 Å². The molecule has 1 aliphatic rings. The molecule has 1 unspecified atom stereocenters. The summed E-state index contributed by atoms with van der Waals surface area (Å²) in [4.78, 5) is 12.1. The zero-order chi connectivity index (χ0) is 13.0. The Morgan fingerprint density at radius 3 is 2.94 bits per heavy atom. The van der Waals surface area contributed by atoms with E-state index in [0.29, 0.717) is 12.4 Å². The Labute approximate surface area is 112 Å². The fraction of sp³-hybridized carbons (Fsp3) is 0.500. The van der Waals surface area contributed by atoms with Crippen LogP contribution < -0.4 is 0 Å². The number of hydrogen-bond donors (Lipinski definition) is 1. The summed E-state index contributed by atoms with van der Waals surface area (Å²) in [7, 11) is 0. The Morgan fingerprint density at radius 2 is 2.22 bits per heavy atom. The molecule has 0 saturated carbocycles. The van der Waals surface area contributed by atoms with Gasteiger partial charge >= 0.3 is 5.97 Å². The van der Waals surface area contributed by atoms with Gasteiger partial charge in [0.1, 0.15) is 0 Å². The molecule has 0 radical (unpaired) electrons. The van der Waals surface area contributed by atoms with E-state index in [1.807, 2.05) is 6.92 Å². The number of benzene rings is 1. The minimum atomic E-state index is -0.884. The highest BCUT2D eigenvalue weighted by Gasteiger charge is 2.18. The maximum Gasteiger partial charge on any atom is 0.333 e. The van der Waals surface area contributed by atoms with Crippen molar-refractivity contribution in [3.05, 3.63) is 29.3 Å². The molecule has 2 rings (SSSR count). The lowest BCUT2D eigenvalue weighted by Crippen LogP contribution is -2.26. The van der Waals surface area contributed by atoms with Gasteiger partial charge in [-0.15, -0.1) is 11.8 Å². The molecular weight excluding hydrogens is 248 g/mol. The predicted octanol–water partition coefficient (Wildman–Crippen LogP) is 2.76. The molecule has 0 bridgehead atoms. The van der Waals surface area contributed by atoms with Gasteiger partial charge in [-0.3, -0.25) is 0 Å². The van der Waals surface area contributed by atoms with Crippen LogP contribution in [0.5, 0.6) is 0 Å². The summed E-state index contributed by atoms with van der Waals surface area (Å²) in [6, 6.07) is 6.44. The van der Waals surface area contributed by atoms with E-state index >= 15 is 0 Å². The van der Waals surface area contributed by atoms with Gasteiger partial charge in [0, 0.05) is 17.3 Å². The van der Waals surface area contributed by atoms with E-state index in [-0.39, 0.29) is 0 Å². The Morgan fingerprint density at radius 1 is 1.44 bits per heavy atom. The Bertz CT molecular complexity index is 431. The summed E-state index contributed by atoms with van der Waals surface area (Å²) in [5.41, 5.74) is 2.86. The van der Waals surface area contributed by atoms with Gasteiger partial charge < -0.3 is 9.84 Å². The maximum atomic E-state index is 11.0. The van der Waals surface area contributed by atoms with Crippen LogP contribution >= 0.6 is 11.8 Å². The van der Waals surface area contributed by atoms with Gasteiger partial charge in [0.2, 0.25) is 0 Å². The van der Waals surface area contributed by atoms with Crippen molar-refractivity contribution in [3.63, 3.8) is 0 Å².